The number of benzene rings is 4. The van der Waals surface area contributed by atoms with Gasteiger partial charge in [-0.1, -0.05) is 78.9 Å². The molecule has 1 nitrogen and oxygen atoms in total. The summed E-state index contributed by atoms with van der Waals surface area (Å²) >= 11 is 0. The molecule has 0 aromatic heterocycles. The first-order valence-electron chi connectivity index (χ1n) is 9.34. The van der Waals surface area contributed by atoms with Crippen LogP contribution in [0.1, 0.15) is 18.1 Å². The lowest BCUT2D eigenvalue weighted by molar-refractivity contribution is 1.46. The van der Waals surface area contributed by atoms with Crippen LogP contribution in [0.2, 0.25) is 0 Å². The van der Waals surface area contributed by atoms with Gasteiger partial charge in [-0.05, 0) is 59.7 Å². The first-order valence-corrected chi connectivity index (χ1v) is 9.34. The topological polar surface area (TPSA) is 12.0 Å². The van der Waals surface area contributed by atoms with Crippen molar-refractivity contribution in [1.29, 1.82) is 0 Å². The van der Waals surface area contributed by atoms with Crippen molar-refractivity contribution in [3.8, 4) is 11.1 Å². The van der Waals surface area contributed by atoms with Gasteiger partial charge in [0.1, 0.15) is 0 Å². The smallest absolute Gasteiger partial charge is 0.0467 e. The summed E-state index contributed by atoms with van der Waals surface area (Å²) in [5.41, 5.74) is 7.27. The number of fused-ring (bicyclic) bond motifs is 1. The molecule has 27 heavy (non-hydrogen) atoms. The predicted molar refractivity (Wildman–Crippen MR) is 119 cm³/mol. The number of hydrogen-bond acceptors (Lipinski definition) is 1. The van der Waals surface area contributed by atoms with Crippen molar-refractivity contribution in [2.75, 3.05) is 5.32 Å². The van der Waals surface area contributed by atoms with Crippen LogP contribution in [0, 0.1) is 6.92 Å². The zero-order valence-corrected chi connectivity index (χ0v) is 15.7. The minimum atomic E-state index is 1.10. The van der Waals surface area contributed by atoms with Gasteiger partial charge < -0.3 is 5.32 Å². The van der Waals surface area contributed by atoms with Gasteiger partial charge in [-0.3, -0.25) is 0 Å². The van der Waals surface area contributed by atoms with Gasteiger partial charge in [0.05, 0.1) is 0 Å². The van der Waals surface area contributed by atoms with E-state index >= 15 is 0 Å². The molecule has 132 valence electrons. The number of aryl methyl sites for hydroxylation is 1. The standard InChI is InChI=1S/C26H23N/c1-3-9-23-19(2)18-26(25-13-8-7-12-24(23)25)27-22-16-14-21(15-17-22)20-10-5-4-6-11-20/h3-18,27H,1-2H3/b9-3-. The second-order valence-electron chi connectivity index (χ2n) is 6.77. The Bertz CT molecular complexity index is 1090. The highest BCUT2D eigenvalue weighted by Crippen LogP contribution is 2.33. The molecule has 0 spiro atoms. The van der Waals surface area contributed by atoms with Gasteiger partial charge in [0.15, 0.2) is 0 Å². The second kappa shape index (κ2) is 7.51. The third-order valence-electron chi connectivity index (χ3n) is 4.90. The Morgan fingerprint density at radius 3 is 2.04 bits per heavy atom. The largest absolute Gasteiger partial charge is 0.355 e. The summed E-state index contributed by atoms with van der Waals surface area (Å²) in [6, 6.07) is 29.9. The quantitative estimate of drug-likeness (QED) is 0.400. The Labute approximate surface area is 161 Å². The van der Waals surface area contributed by atoms with Gasteiger partial charge >= 0.3 is 0 Å². The number of nitrogens with one attached hydrogen (secondary N) is 1. The Kier molecular flexibility index (Phi) is 4.76. The number of allylic oxidation sites excluding steroid dienone is 1. The molecule has 0 unspecified atom stereocenters. The molecule has 0 atom stereocenters. The van der Waals surface area contributed by atoms with Crippen LogP contribution < -0.4 is 5.32 Å². The van der Waals surface area contributed by atoms with Crippen molar-refractivity contribution in [3.63, 3.8) is 0 Å². The zero-order chi connectivity index (χ0) is 18.6. The molecule has 0 bridgehead atoms. The fourth-order valence-electron chi connectivity index (χ4n) is 3.56. The first-order chi connectivity index (χ1) is 13.3. The van der Waals surface area contributed by atoms with Crippen LogP contribution >= 0.6 is 0 Å². The van der Waals surface area contributed by atoms with E-state index in [-0.39, 0.29) is 0 Å². The molecule has 0 radical (unpaired) electrons. The van der Waals surface area contributed by atoms with Gasteiger partial charge in [0.25, 0.3) is 0 Å². The van der Waals surface area contributed by atoms with Gasteiger partial charge in [-0.25, -0.2) is 0 Å². The molecule has 0 aliphatic carbocycles. The molecular formula is C26H23N. The molecule has 1 N–H and O–H groups in total. The van der Waals surface area contributed by atoms with Crippen molar-refractivity contribution in [2.24, 2.45) is 0 Å². The van der Waals surface area contributed by atoms with Crippen molar-refractivity contribution < 1.29 is 0 Å². The predicted octanol–water partition coefficient (Wildman–Crippen LogP) is 7.59. The highest BCUT2D eigenvalue weighted by atomic mass is 14.9. The van der Waals surface area contributed by atoms with Crippen LogP contribution in [0.3, 0.4) is 0 Å². The van der Waals surface area contributed by atoms with Crippen molar-refractivity contribution >= 4 is 28.2 Å². The molecule has 0 fully saturated rings. The van der Waals surface area contributed by atoms with E-state index in [1.807, 2.05) is 6.07 Å². The fourth-order valence-corrected chi connectivity index (χ4v) is 3.56. The lowest BCUT2D eigenvalue weighted by Gasteiger charge is -2.15. The summed E-state index contributed by atoms with van der Waals surface area (Å²) in [5, 5.41) is 6.13. The van der Waals surface area contributed by atoms with Gasteiger partial charge in [0.2, 0.25) is 0 Å². The van der Waals surface area contributed by atoms with E-state index < -0.39 is 0 Å². The molecule has 0 saturated heterocycles. The maximum absolute atomic E-state index is 3.61. The average Bonchev–Trinajstić information content (AvgIpc) is 2.72. The Morgan fingerprint density at radius 1 is 0.704 bits per heavy atom. The monoisotopic (exact) mass is 349 g/mol. The molecule has 4 aromatic carbocycles. The Balaban J connectivity index is 1.71. The van der Waals surface area contributed by atoms with E-state index in [0.717, 1.165) is 11.4 Å². The lowest BCUT2D eigenvalue weighted by Crippen LogP contribution is -1.95. The van der Waals surface area contributed by atoms with Crippen LogP contribution in [0.5, 0.6) is 0 Å². The summed E-state index contributed by atoms with van der Waals surface area (Å²) in [5.74, 6) is 0. The number of anilines is 2. The van der Waals surface area contributed by atoms with E-state index in [9.17, 15) is 0 Å². The summed E-state index contributed by atoms with van der Waals surface area (Å²) < 4.78 is 0. The molecule has 0 saturated carbocycles. The third kappa shape index (κ3) is 3.50. The SMILES string of the molecule is C/C=C\c1c(C)cc(Nc2ccc(-c3ccccc3)cc2)c2ccccc12. The minimum Gasteiger partial charge on any atom is -0.355 e. The molecule has 4 aromatic rings. The maximum atomic E-state index is 3.61. The number of hydrogen-bond donors (Lipinski definition) is 1. The number of rotatable bonds is 4. The molecule has 1 heteroatoms. The van der Waals surface area contributed by atoms with Crippen LogP contribution in [-0.2, 0) is 0 Å². The third-order valence-corrected chi connectivity index (χ3v) is 4.90. The minimum absolute atomic E-state index is 1.10. The van der Waals surface area contributed by atoms with Crippen LogP contribution in [0.4, 0.5) is 11.4 Å². The molecular weight excluding hydrogens is 326 g/mol. The Morgan fingerprint density at radius 2 is 1.33 bits per heavy atom. The fraction of sp³-hybridized carbons (Fsp3) is 0.0769. The van der Waals surface area contributed by atoms with E-state index in [2.05, 4.69) is 110 Å². The highest BCUT2D eigenvalue weighted by Gasteiger charge is 2.08. The maximum Gasteiger partial charge on any atom is 0.0467 e. The van der Waals surface area contributed by atoms with Crippen molar-refractivity contribution in [1.82, 2.24) is 0 Å². The van der Waals surface area contributed by atoms with Crippen molar-refractivity contribution in [2.45, 2.75) is 13.8 Å². The van der Waals surface area contributed by atoms with Crippen LogP contribution in [-0.4, -0.2) is 0 Å². The van der Waals surface area contributed by atoms with E-state index in [0.29, 0.717) is 0 Å². The molecule has 0 amide bonds. The van der Waals surface area contributed by atoms with Crippen molar-refractivity contribution in [3.05, 3.63) is 102 Å². The van der Waals surface area contributed by atoms with Crippen LogP contribution in [0.25, 0.3) is 28.0 Å². The van der Waals surface area contributed by atoms with E-state index in [1.54, 1.807) is 0 Å². The molecule has 4 rings (SSSR count). The second-order valence-corrected chi connectivity index (χ2v) is 6.77. The van der Waals surface area contributed by atoms with Gasteiger partial charge in [0, 0.05) is 16.8 Å². The van der Waals surface area contributed by atoms with E-state index in [1.165, 1.54) is 33.0 Å². The van der Waals surface area contributed by atoms with E-state index in [4.69, 9.17) is 0 Å². The normalized spacial score (nSPS) is 11.2. The Hall–Kier alpha value is -3.32. The first kappa shape index (κ1) is 17.1. The van der Waals surface area contributed by atoms with Gasteiger partial charge in [-0.2, -0.15) is 0 Å². The highest BCUT2D eigenvalue weighted by molar-refractivity contribution is 6.01. The summed E-state index contributed by atoms with van der Waals surface area (Å²) in [6.07, 6.45) is 4.29. The van der Waals surface area contributed by atoms with Gasteiger partial charge in [-0.15, -0.1) is 0 Å². The molecule has 0 aliphatic rings. The average molecular weight is 349 g/mol. The summed E-state index contributed by atoms with van der Waals surface area (Å²) in [6.45, 7) is 4.24. The molecule has 0 aliphatic heterocycles. The van der Waals surface area contributed by atoms with Crippen LogP contribution in [0.15, 0.2) is 91.0 Å². The zero-order valence-electron chi connectivity index (χ0n) is 15.7. The summed E-state index contributed by atoms with van der Waals surface area (Å²) in [4.78, 5) is 0. The molecule has 0 heterocycles. The summed E-state index contributed by atoms with van der Waals surface area (Å²) in [7, 11) is 0. The lowest BCUT2D eigenvalue weighted by atomic mass is 9.97.